The van der Waals surface area contributed by atoms with E-state index in [4.69, 9.17) is 15.6 Å². The molecule has 4 nitrogen and oxygen atoms in total. The molecule has 0 radical (unpaired) electrons. The molecule has 1 fully saturated rings. The van der Waals surface area contributed by atoms with Crippen LogP contribution in [0.15, 0.2) is 0 Å². The number of carboxylic acids is 1. The lowest BCUT2D eigenvalue weighted by Gasteiger charge is -2.25. The van der Waals surface area contributed by atoms with Crippen molar-refractivity contribution in [3.63, 3.8) is 0 Å². The molecule has 1 unspecified atom stereocenters. The summed E-state index contributed by atoms with van der Waals surface area (Å²) in [6.07, 6.45) is 2.53. The fraction of sp³-hybridized carbons (Fsp3) is 0.857. The molecular formula is C7H13NO3. The maximum Gasteiger partial charge on any atom is 0.323 e. The van der Waals surface area contributed by atoms with E-state index in [0.717, 1.165) is 19.3 Å². The minimum absolute atomic E-state index is 0.277. The van der Waals surface area contributed by atoms with Crippen LogP contribution in [0.5, 0.6) is 0 Å². The molecule has 0 saturated carbocycles. The van der Waals surface area contributed by atoms with E-state index in [9.17, 15) is 4.79 Å². The van der Waals surface area contributed by atoms with Crippen LogP contribution >= 0.6 is 0 Å². The van der Waals surface area contributed by atoms with Gasteiger partial charge in [-0.2, -0.15) is 0 Å². The van der Waals surface area contributed by atoms with Gasteiger partial charge in [0.05, 0.1) is 6.10 Å². The quantitative estimate of drug-likeness (QED) is 0.593. The van der Waals surface area contributed by atoms with Crippen molar-refractivity contribution in [1.29, 1.82) is 0 Å². The molecule has 0 aliphatic carbocycles. The molecule has 0 bridgehead atoms. The van der Waals surface area contributed by atoms with Gasteiger partial charge in [-0.05, 0) is 19.3 Å². The Kier molecular flexibility index (Phi) is 2.84. The van der Waals surface area contributed by atoms with Crippen LogP contribution in [-0.2, 0) is 9.53 Å². The van der Waals surface area contributed by atoms with Crippen LogP contribution in [0.4, 0.5) is 0 Å². The summed E-state index contributed by atoms with van der Waals surface area (Å²) in [4.78, 5) is 10.4. The van der Waals surface area contributed by atoms with Crippen LogP contribution in [0.2, 0.25) is 0 Å². The smallest absolute Gasteiger partial charge is 0.323 e. The van der Waals surface area contributed by atoms with E-state index in [1.807, 2.05) is 0 Å². The molecule has 1 saturated heterocycles. The SMILES string of the molecule is N[C@H](C(=O)O)C1CCCCO1. The van der Waals surface area contributed by atoms with Gasteiger partial charge in [0.1, 0.15) is 6.04 Å². The fourth-order valence-electron chi connectivity index (χ4n) is 1.21. The molecule has 0 aromatic rings. The van der Waals surface area contributed by atoms with Gasteiger partial charge in [-0.3, -0.25) is 4.79 Å². The lowest BCUT2D eigenvalue weighted by molar-refractivity contribution is -0.143. The van der Waals surface area contributed by atoms with Crippen molar-refractivity contribution < 1.29 is 14.6 Å². The highest BCUT2D eigenvalue weighted by Crippen LogP contribution is 2.14. The molecule has 3 N–H and O–H groups in total. The van der Waals surface area contributed by atoms with Crippen molar-refractivity contribution in [1.82, 2.24) is 0 Å². The standard InChI is InChI=1S/C7H13NO3/c8-6(7(9)10)5-3-1-2-4-11-5/h5-6H,1-4,8H2,(H,9,10)/t5?,6-/m0/s1. The van der Waals surface area contributed by atoms with E-state index in [1.165, 1.54) is 0 Å². The Labute approximate surface area is 65.3 Å². The first-order valence-electron chi connectivity index (χ1n) is 3.82. The molecule has 0 amide bonds. The number of aliphatic carboxylic acids is 1. The summed E-state index contributed by atoms with van der Waals surface area (Å²) >= 11 is 0. The molecule has 4 heteroatoms. The molecular weight excluding hydrogens is 146 g/mol. The summed E-state index contributed by atoms with van der Waals surface area (Å²) in [7, 11) is 0. The summed E-state index contributed by atoms with van der Waals surface area (Å²) in [5.41, 5.74) is 5.37. The number of carbonyl (C=O) groups is 1. The number of rotatable bonds is 2. The minimum Gasteiger partial charge on any atom is -0.480 e. The van der Waals surface area contributed by atoms with Crippen LogP contribution < -0.4 is 5.73 Å². The summed E-state index contributed by atoms with van der Waals surface area (Å²) in [5, 5.41) is 8.53. The zero-order chi connectivity index (χ0) is 8.27. The average Bonchev–Trinajstić information content (AvgIpc) is 2.05. The first-order chi connectivity index (χ1) is 5.22. The first-order valence-corrected chi connectivity index (χ1v) is 3.82. The number of carboxylic acid groups (broad SMARTS) is 1. The van der Waals surface area contributed by atoms with Crippen LogP contribution in [0.1, 0.15) is 19.3 Å². The van der Waals surface area contributed by atoms with Crippen molar-refractivity contribution in [2.45, 2.75) is 31.4 Å². The van der Waals surface area contributed by atoms with Gasteiger partial charge >= 0.3 is 5.97 Å². The second-order valence-electron chi connectivity index (χ2n) is 2.77. The third kappa shape index (κ3) is 2.17. The van der Waals surface area contributed by atoms with E-state index < -0.39 is 12.0 Å². The van der Waals surface area contributed by atoms with E-state index in [1.54, 1.807) is 0 Å². The van der Waals surface area contributed by atoms with Crippen molar-refractivity contribution in [3.8, 4) is 0 Å². The minimum atomic E-state index is -0.975. The van der Waals surface area contributed by atoms with Crippen LogP contribution in [0, 0.1) is 0 Å². The number of nitrogens with two attached hydrogens (primary N) is 1. The Morgan fingerprint density at radius 1 is 1.64 bits per heavy atom. The van der Waals surface area contributed by atoms with E-state index in [2.05, 4.69) is 0 Å². The molecule has 64 valence electrons. The van der Waals surface area contributed by atoms with Crippen molar-refractivity contribution in [3.05, 3.63) is 0 Å². The summed E-state index contributed by atoms with van der Waals surface area (Å²) in [6, 6.07) is -0.852. The second kappa shape index (κ2) is 3.69. The predicted octanol–water partition coefficient (Wildman–Crippen LogP) is -0.0326. The van der Waals surface area contributed by atoms with E-state index in [0.29, 0.717) is 6.61 Å². The Hall–Kier alpha value is -0.610. The zero-order valence-corrected chi connectivity index (χ0v) is 6.32. The van der Waals surface area contributed by atoms with Gasteiger partial charge in [-0.25, -0.2) is 0 Å². The van der Waals surface area contributed by atoms with Gasteiger partial charge in [0.2, 0.25) is 0 Å². The highest BCUT2D eigenvalue weighted by molar-refractivity contribution is 5.73. The molecule has 1 aliphatic rings. The van der Waals surface area contributed by atoms with E-state index in [-0.39, 0.29) is 6.10 Å². The van der Waals surface area contributed by atoms with Crippen molar-refractivity contribution in [2.75, 3.05) is 6.61 Å². The molecule has 0 aromatic carbocycles. The molecule has 2 atom stereocenters. The molecule has 1 rings (SSSR count). The first kappa shape index (κ1) is 8.49. The monoisotopic (exact) mass is 159 g/mol. The van der Waals surface area contributed by atoms with Crippen molar-refractivity contribution >= 4 is 5.97 Å². The maximum atomic E-state index is 10.4. The molecule has 1 heterocycles. The van der Waals surface area contributed by atoms with Gasteiger partial charge in [0.25, 0.3) is 0 Å². The average molecular weight is 159 g/mol. The Morgan fingerprint density at radius 2 is 2.36 bits per heavy atom. The number of hydrogen-bond acceptors (Lipinski definition) is 3. The Morgan fingerprint density at radius 3 is 2.82 bits per heavy atom. The number of ether oxygens (including phenoxy) is 1. The topological polar surface area (TPSA) is 72.6 Å². The Balaban J connectivity index is 2.38. The lowest BCUT2D eigenvalue weighted by Crippen LogP contribution is -2.44. The van der Waals surface area contributed by atoms with Crippen molar-refractivity contribution in [2.24, 2.45) is 5.73 Å². The largest absolute Gasteiger partial charge is 0.480 e. The Bertz CT molecular complexity index is 143. The highest BCUT2D eigenvalue weighted by atomic mass is 16.5. The zero-order valence-electron chi connectivity index (χ0n) is 6.32. The normalized spacial score (nSPS) is 27.9. The van der Waals surface area contributed by atoms with Gasteiger partial charge < -0.3 is 15.6 Å². The molecule has 11 heavy (non-hydrogen) atoms. The second-order valence-corrected chi connectivity index (χ2v) is 2.77. The maximum absolute atomic E-state index is 10.4. The predicted molar refractivity (Wildman–Crippen MR) is 39.2 cm³/mol. The summed E-state index contributed by atoms with van der Waals surface area (Å²) < 4.78 is 5.20. The summed E-state index contributed by atoms with van der Waals surface area (Å²) in [5.74, 6) is -0.975. The van der Waals surface area contributed by atoms with Gasteiger partial charge in [-0.1, -0.05) is 0 Å². The molecule has 0 aromatic heterocycles. The van der Waals surface area contributed by atoms with Gasteiger partial charge in [-0.15, -0.1) is 0 Å². The molecule has 1 aliphatic heterocycles. The van der Waals surface area contributed by atoms with Crippen LogP contribution in [-0.4, -0.2) is 29.8 Å². The van der Waals surface area contributed by atoms with E-state index >= 15 is 0 Å². The van der Waals surface area contributed by atoms with Gasteiger partial charge in [0, 0.05) is 6.61 Å². The van der Waals surface area contributed by atoms with Gasteiger partial charge in [0.15, 0.2) is 0 Å². The fourth-order valence-corrected chi connectivity index (χ4v) is 1.21. The number of hydrogen-bond donors (Lipinski definition) is 2. The third-order valence-electron chi connectivity index (χ3n) is 1.90. The molecule has 0 spiro atoms. The van der Waals surface area contributed by atoms with Crippen LogP contribution in [0.3, 0.4) is 0 Å². The third-order valence-corrected chi connectivity index (χ3v) is 1.90. The van der Waals surface area contributed by atoms with Crippen LogP contribution in [0.25, 0.3) is 0 Å². The summed E-state index contributed by atoms with van der Waals surface area (Å²) in [6.45, 7) is 0.644. The highest BCUT2D eigenvalue weighted by Gasteiger charge is 2.26. The lowest BCUT2D eigenvalue weighted by atomic mass is 10.0.